The molecule has 1 rings (SSSR count). The summed E-state index contributed by atoms with van der Waals surface area (Å²) in [6.07, 6.45) is 0. The van der Waals surface area contributed by atoms with Crippen molar-refractivity contribution in [2.24, 2.45) is 0 Å². The highest BCUT2D eigenvalue weighted by Gasteiger charge is 2.24. The average molecular weight is 290 g/mol. The van der Waals surface area contributed by atoms with Crippen molar-refractivity contribution in [3.05, 3.63) is 23.5 Å². The zero-order valence-electron chi connectivity index (χ0n) is 11.3. The summed E-state index contributed by atoms with van der Waals surface area (Å²) in [4.78, 5) is 0.00172. The van der Waals surface area contributed by atoms with Crippen molar-refractivity contribution in [2.75, 3.05) is 32.5 Å². The molecular formula is C12H19FN2O3S. The molecule has 0 fully saturated rings. The molecule has 0 saturated carbocycles. The first-order valence-electron chi connectivity index (χ1n) is 5.89. The number of aryl methyl sites for hydroxylation is 1. The standard InChI is InChI=1S/C12H19FN2O3S/c1-4-15(5-6-18-3)19(16,17)10-7-9(2)12(13)11(14)8-10/h7-8H,4-6,14H2,1-3H3. The smallest absolute Gasteiger partial charge is 0.243 e. The fourth-order valence-electron chi connectivity index (χ4n) is 1.70. The van der Waals surface area contributed by atoms with Gasteiger partial charge in [-0.25, -0.2) is 12.8 Å². The van der Waals surface area contributed by atoms with Gasteiger partial charge in [-0.05, 0) is 24.6 Å². The molecule has 0 spiro atoms. The second-order valence-corrected chi connectivity index (χ2v) is 6.07. The van der Waals surface area contributed by atoms with Gasteiger partial charge in [0.1, 0.15) is 5.82 Å². The van der Waals surface area contributed by atoms with Gasteiger partial charge in [-0.15, -0.1) is 0 Å². The van der Waals surface area contributed by atoms with Crippen LogP contribution in [-0.4, -0.2) is 39.5 Å². The normalized spacial score (nSPS) is 12.1. The van der Waals surface area contributed by atoms with E-state index in [-0.39, 0.29) is 22.7 Å². The van der Waals surface area contributed by atoms with E-state index in [0.29, 0.717) is 13.2 Å². The van der Waals surface area contributed by atoms with Crippen LogP contribution < -0.4 is 5.73 Å². The van der Waals surface area contributed by atoms with Gasteiger partial charge in [0.15, 0.2) is 0 Å². The first-order valence-corrected chi connectivity index (χ1v) is 7.33. The average Bonchev–Trinajstić information content (AvgIpc) is 2.36. The highest BCUT2D eigenvalue weighted by Crippen LogP contribution is 2.23. The van der Waals surface area contributed by atoms with Gasteiger partial charge in [-0.2, -0.15) is 4.31 Å². The number of rotatable bonds is 6. The van der Waals surface area contributed by atoms with Gasteiger partial charge in [-0.1, -0.05) is 6.92 Å². The SMILES string of the molecule is CCN(CCOC)S(=O)(=O)c1cc(C)c(F)c(N)c1. The number of nitrogens with zero attached hydrogens (tertiary/aromatic N) is 1. The van der Waals surface area contributed by atoms with Crippen LogP contribution in [0.25, 0.3) is 0 Å². The molecule has 108 valence electrons. The van der Waals surface area contributed by atoms with Gasteiger partial charge in [0.2, 0.25) is 10.0 Å². The van der Waals surface area contributed by atoms with Crippen LogP contribution >= 0.6 is 0 Å². The molecule has 0 amide bonds. The third kappa shape index (κ3) is 3.43. The Kier molecular flexibility index (Phi) is 5.28. The van der Waals surface area contributed by atoms with Crippen molar-refractivity contribution in [1.29, 1.82) is 0 Å². The summed E-state index contributed by atoms with van der Waals surface area (Å²) in [5, 5.41) is 0. The number of nitrogens with two attached hydrogens (primary N) is 1. The van der Waals surface area contributed by atoms with Gasteiger partial charge in [0.25, 0.3) is 0 Å². The second kappa shape index (κ2) is 6.31. The molecule has 0 saturated heterocycles. The van der Waals surface area contributed by atoms with Crippen LogP contribution in [0.4, 0.5) is 10.1 Å². The van der Waals surface area contributed by atoms with Crippen molar-refractivity contribution in [2.45, 2.75) is 18.7 Å². The van der Waals surface area contributed by atoms with E-state index in [0.717, 1.165) is 6.07 Å². The van der Waals surface area contributed by atoms with E-state index in [4.69, 9.17) is 10.5 Å². The molecule has 0 heterocycles. The number of ether oxygens (including phenoxy) is 1. The van der Waals surface area contributed by atoms with Crippen LogP contribution in [0.2, 0.25) is 0 Å². The van der Waals surface area contributed by atoms with E-state index in [2.05, 4.69) is 0 Å². The Hall–Kier alpha value is -1.18. The molecule has 19 heavy (non-hydrogen) atoms. The molecule has 7 heteroatoms. The van der Waals surface area contributed by atoms with Crippen molar-refractivity contribution in [1.82, 2.24) is 4.31 Å². The zero-order chi connectivity index (χ0) is 14.6. The van der Waals surface area contributed by atoms with Crippen molar-refractivity contribution in [3.8, 4) is 0 Å². The number of likely N-dealkylation sites (N-methyl/N-ethyl adjacent to an activating group) is 1. The summed E-state index contributed by atoms with van der Waals surface area (Å²) >= 11 is 0. The molecule has 0 unspecified atom stereocenters. The minimum absolute atomic E-state index is 0.00172. The lowest BCUT2D eigenvalue weighted by atomic mass is 10.2. The molecule has 0 aromatic heterocycles. The monoisotopic (exact) mass is 290 g/mol. The molecule has 1 aromatic carbocycles. The Labute approximate surface area is 113 Å². The predicted octanol–water partition coefficient (Wildman–Crippen LogP) is 1.37. The number of hydrogen-bond acceptors (Lipinski definition) is 4. The topological polar surface area (TPSA) is 72.6 Å². The lowest BCUT2D eigenvalue weighted by Gasteiger charge is -2.20. The highest BCUT2D eigenvalue weighted by molar-refractivity contribution is 7.89. The predicted molar refractivity (Wildman–Crippen MR) is 71.9 cm³/mol. The Bertz CT molecular complexity index is 523. The van der Waals surface area contributed by atoms with Crippen LogP contribution in [-0.2, 0) is 14.8 Å². The first-order chi connectivity index (χ1) is 8.84. The second-order valence-electron chi connectivity index (χ2n) is 4.13. The number of methoxy groups -OCH3 is 1. The summed E-state index contributed by atoms with van der Waals surface area (Å²) in [6, 6.07) is 2.43. The minimum atomic E-state index is -3.68. The van der Waals surface area contributed by atoms with E-state index in [1.807, 2.05) is 0 Å². The van der Waals surface area contributed by atoms with E-state index >= 15 is 0 Å². The number of nitrogen functional groups attached to an aromatic ring is 1. The molecule has 1 aromatic rings. The molecule has 2 N–H and O–H groups in total. The van der Waals surface area contributed by atoms with E-state index in [1.54, 1.807) is 6.92 Å². The zero-order valence-corrected chi connectivity index (χ0v) is 12.1. The van der Waals surface area contributed by atoms with E-state index < -0.39 is 15.8 Å². The Morgan fingerprint density at radius 2 is 2.05 bits per heavy atom. The van der Waals surface area contributed by atoms with Gasteiger partial charge in [-0.3, -0.25) is 0 Å². The van der Waals surface area contributed by atoms with Gasteiger partial charge in [0, 0.05) is 20.2 Å². The fraction of sp³-hybridized carbons (Fsp3) is 0.500. The summed E-state index contributed by atoms with van der Waals surface area (Å²) in [5.41, 5.74) is 5.52. The largest absolute Gasteiger partial charge is 0.396 e. The van der Waals surface area contributed by atoms with E-state index in [1.165, 1.54) is 24.4 Å². The fourth-order valence-corrected chi connectivity index (χ4v) is 3.26. The number of halogens is 1. The van der Waals surface area contributed by atoms with Gasteiger partial charge in [0.05, 0.1) is 17.2 Å². The van der Waals surface area contributed by atoms with Crippen LogP contribution in [0.3, 0.4) is 0 Å². The third-order valence-electron chi connectivity index (χ3n) is 2.79. The summed E-state index contributed by atoms with van der Waals surface area (Å²) < 4.78 is 44.3. The van der Waals surface area contributed by atoms with Gasteiger partial charge >= 0.3 is 0 Å². The maximum absolute atomic E-state index is 13.4. The van der Waals surface area contributed by atoms with E-state index in [9.17, 15) is 12.8 Å². The Balaban J connectivity index is 3.18. The lowest BCUT2D eigenvalue weighted by molar-refractivity contribution is 0.180. The molecule has 0 radical (unpaired) electrons. The quantitative estimate of drug-likeness (QED) is 0.803. The molecule has 0 aliphatic carbocycles. The number of hydrogen-bond donors (Lipinski definition) is 1. The van der Waals surface area contributed by atoms with Crippen LogP contribution in [0.1, 0.15) is 12.5 Å². The van der Waals surface area contributed by atoms with Crippen LogP contribution in [0, 0.1) is 12.7 Å². The Morgan fingerprint density at radius 3 is 2.53 bits per heavy atom. The minimum Gasteiger partial charge on any atom is -0.396 e. The highest BCUT2D eigenvalue weighted by atomic mass is 32.2. The number of benzene rings is 1. The maximum Gasteiger partial charge on any atom is 0.243 e. The first kappa shape index (κ1) is 15.9. The number of sulfonamides is 1. The molecule has 5 nitrogen and oxygen atoms in total. The third-order valence-corrected chi connectivity index (χ3v) is 4.74. The van der Waals surface area contributed by atoms with Crippen molar-refractivity contribution >= 4 is 15.7 Å². The summed E-state index contributed by atoms with van der Waals surface area (Å²) in [6.45, 7) is 4.06. The molecule has 0 aliphatic heterocycles. The molecule has 0 aliphatic rings. The summed E-state index contributed by atoms with van der Waals surface area (Å²) in [7, 11) is -2.18. The molecular weight excluding hydrogens is 271 g/mol. The maximum atomic E-state index is 13.4. The molecule has 0 bridgehead atoms. The van der Waals surface area contributed by atoms with Crippen LogP contribution in [0.5, 0.6) is 0 Å². The van der Waals surface area contributed by atoms with Crippen LogP contribution in [0.15, 0.2) is 17.0 Å². The summed E-state index contributed by atoms with van der Waals surface area (Å²) in [5.74, 6) is -0.584. The van der Waals surface area contributed by atoms with Crippen molar-refractivity contribution in [3.63, 3.8) is 0 Å². The molecule has 0 atom stereocenters. The van der Waals surface area contributed by atoms with Gasteiger partial charge < -0.3 is 10.5 Å². The Morgan fingerprint density at radius 1 is 1.42 bits per heavy atom. The lowest BCUT2D eigenvalue weighted by Crippen LogP contribution is -2.33. The number of anilines is 1. The van der Waals surface area contributed by atoms with Crippen molar-refractivity contribution < 1.29 is 17.5 Å².